The smallest absolute Gasteiger partial charge is 0.260 e. The Kier molecular flexibility index (Phi) is 6.21. The van der Waals surface area contributed by atoms with Crippen molar-refractivity contribution in [3.63, 3.8) is 0 Å². The first-order valence-electron chi connectivity index (χ1n) is 8.14. The van der Waals surface area contributed by atoms with Crippen LogP contribution < -0.4 is 4.74 Å². The lowest BCUT2D eigenvalue weighted by Gasteiger charge is -2.21. The third-order valence-corrected chi connectivity index (χ3v) is 3.84. The summed E-state index contributed by atoms with van der Waals surface area (Å²) in [5, 5.41) is 0. The second-order valence-electron chi connectivity index (χ2n) is 5.91. The number of likely N-dealkylation sites (N-methyl/N-ethyl adjacent to an activating group) is 1. The Labute approximate surface area is 138 Å². The zero-order chi connectivity index (χ0) is 16.7. The van der Waals surface area contributed by atoms with Crippen molar-refractivity contribution >= 4 is 5.91 Å². The molecule has 0 fully saturated rings. The molecule has 0 N–H and O–H groups in total. The molecule has 0 saturated carbocycles. The van der Waals surface area contributed by atoms with E-state index in [9.17, 15) is 4.79 Å². The number of ether oxygens (including phenoxy) is 1. The molecule has 0 saturated heterocycles. The van der Waals surface area contributed by atoms with Crippen LogP contribution in [0.1, 0.15) is 37.8 Å². The summed E-state index contributed by atoms with van der Waals surface area (Å²) in [7, 11) is 0. The molecule has 0 spiro atoms. The monoisotopic (exact) mass is 311 g/mol. The predicted octanol–water partition coefficient (Wildman–Crippen LogP) is 4.24. The van der Waals surface area contributed by atoms with Crippen LogP contribution in [0.15, 0.2) is 54.6 Å². The Hall–Kier alpha value is -2.29. The molecule has 0 heterocycles. The molecule has 2 rings (SSSR count). The van der Waals surface area contributed by atoms with Gasteiger partial charge in [0.1, 0.15) is 5.75 Å². The fourth-order valence-corrected chi connectivity index (χ4v) is 2.38. The second kappa shape index (κ2) is 8.37. The van der Waals surface area contributed by atoms with Crippen LogP contribution in [-0.2, 0) is 11.3 Å². The van der Waals surface area contributed by atoms with Gasteiger partial charge in [-0.3, -0.25) is 4.79 Å². The normalized spacial score (nSPS) is 10.6. The third kappa shape index (κ3) is 5.13. The zero-order valence-electron chi connectivity index (χ0n) is 14.2. The molecule has 0 aliphatic carbocycles. The van der Waals surface area contributed by atoms with Gasteiger partial charge in [0.2, 0.25) is 0 Å². The SMILES string of the molecule is CCN(Cc1ccccc1)C(=O)COc1cccc(C(C)C)c1. The van der Waals surface area contributed by atoms with Crippen molar-refractivity contribution in [1.29, 1.82) is 0 Å². The molecular formula is C20H25NO2. The highest BCUT2D eigenvalue weighted by Crippen LogP contribution is 2.20. The molecule has 2 aromatic rings. The quantitative estimate of drug-likeness (QED) is 0.765. The number of hydrogen-bond donors (Lipinski definition) is 0. The van der Waals surface area contributed by atoms with Crippen LogP contribution in [-0.4, -0.2) is 24.0 Å². The Morgan fingerprint density at radius 3 is 2.48 bits per heavy atom. The van der Waals surface area contributed by atoms with Crippen molar-refractivity contribution in [1.82, 2.24) is 4.90 Å². The molecule has 0 aliphatic rings. The molecule has 23 heavy (non-hydrogen) atoms. The van der Waals surface area contributed by atoms with Crippen molar-refractivity contribution in [2.24, 2.45) is 0 Å². The number of rotatable bonds is 7. The fraction of sp³-hybridized carbons (Fsp3) is 0.350. The summed E-state index contributed by atoms with van der Waals surface area (Å²) < 4.78 is 5.69. The molecule has 0 bridgehead atoms. The van der Waals surface area contributed by atoms with E-state index >= 15 is 0 Å². The minimum absolute atomic E-state index is 0.00584. The summed E-state index contributed by atoms with van der Waals surface area (Å²) in [6.45, 7) is 7.63. The lowest BCUT2D eigenvalue weighted by Crippen LogP contribution is -2.34. The minimum Gasteiger partial charge on any atom is -0.484 e. The van der Waals surface area contributed by atoms with Crippen LogP contribution in [0.2, 0.25) is 0 Å². The van der Waals surface area contributed by atoms with Gasteiger partial charge in [-0.05, 0) is 36.1 Å². The first-order valence-corrected chi connectivity index (χ1v) is 8.14. The molecule has 0 radical (unpaired) electrons. The Morgan fingerprint density at radius 2 is 1.83 bits per heavy atom. The minimum atomic E-state index is 0.00584. The highest BCUT2D eigenvalue weighted by atomic mass is 16.5. The van der Waals surface area contributed by atoms with Gasteiger partial charge in [-0.25, -0.2) is 0 Å². The van der Waals surface area contributed by atoms with E-state index in [4.69, 9.17) is 4.74 Å². The van der Waals surface area contributed by atoms with E-state index in [1.54, 1.807) is 0 Å². The number of carbonyl (C=O) groups is 1. The molecule has 0 unspecified atom stereocenters. The van der Waals surface area contributed by atoms with Gasteiger partial charge in [0, 0.05) is 13.1 Å². The van der Waals surface area contributed by atoms with Crippen molar-refractivity contribution < 1.29 is 9.53 Å². The van der Waals surface area contributed by atoms with Gasteiger partial charge in [0.15, 0.2) is 6.61 Å². The van der Waals surface area contributed by atoms with Crippen LogP contribution in [0.3, 0.4) is 0 Å². The first kappa shape index (κ1) is 17.1. The number of hydrogen-bond acceptors (Lipinski definition) is 2. The van der Waals surface area contributed by atoms with E-state index in [2.05, 4.69) is 19.9 Å². The highest BCUT2D eigenvalue weighted by Gasteiger charge is 2.13. The van der Waals surface area contributed by atoms with Gasteiger partial charge in [0.05, 0.1) is 0 Å². The molecule has 3 nitrogen and oxygen atoms in total. The van der Waals surface area contributed by atoms with Crippen LogP contribution >= 0.6 is 0 Å². The highest BCUT2D eigenvalue weighted by molar-refractivity contribution is 5.77. The zero-order valence-corrected chi connectivity index (χ0v) is 14.2. The van der Waals surface area contributed by atoms with Gasteiger partial charge in [-0.2, -0.15) is 0 Å². The summed E-state index contributed by atoms with van der Waals surface area (Å²) >= 11 is 0. The fourth-order valence-electron chi connectivity index (χ4n) is 2.38. The molecule has 3 heteroatoms. The molecule has 122 valence electrons. The van der Waals surface area contributed by atoms with Crippen LogP contribution in [0.25, 0.3) is 0 Å². The van der Waals surface area contributed by atoms with Gasteiger partial charge in [-0.15, -0.1) is 0 Å². The maximum atomic E-state index is 12.4. The summed E-state index contributed by atoms with van der Waals surface area (Å²) in [6, 6.07) is 18.0. The molecule has 2 aromatic carbocycles. The van der Waals surface area contributed by atoms with Gasteiger partial charge in [-0.1, -0.05) is 56.3 Å². The average molecular weight is 311 g/mol. The lowest BCUT2D eigenvalue weighted by molar-refractivity contribution is -0.133. The summed E-state index contributed by atoms with van der Waals surface area (Å²) in [4.78, 5) is 14.2. The van der Waals surface area contributed by atoms with Crippen LogP contribution in [0.4, 0.5) is 0 Å². The maximum absolute atomic E-state index is 12.4. The summed E-state index contributed by atoms with van der Waals surface area (Å²) in [5.41, 5.74) is 2.34. The predicted molar refractivity (Wildman–Crippen MR) is 93.6 cm³/mol. The van der Waals surface area contributed by atoms with Crippen molar-refractivity contribution in [2.45, 2.75) is 33.2 Å². The number of amides is 1. The maximum Gasteiger partial charge on any atom is 0.260 e. The van der Waals surface area contributed by atoms with Crippen LogP contribution in [0, 0.1) is 0 Å². The Morgan fingerprint density at radius 1 is 1.09 bits per heavy atom. The Balaban J connectivity index is 1.93. The number of nitrogens with zero attached hydrogens (tertiary/aromatic N) is 1. The standard InChI is InChI=1S/C20H25NO2/c1-4-21(14-17-9-6-5-7-10-17)20(22)15-23-19-12-8-11-18(13-19)16(2)3/h5-13,16H,4,14-15H2,1-3H3. The molecule has 0 atom stereocenters. The van der Waals surface area contributed by atoms with E-state index in [-0.39, 0.29) is 12.5 Å². The summed E-state index contributed by atoms with van der Waals surface area (Å²) in [6.07, 6.45) is 0. The first-order chi connectivity index (χ1) is 11.1. The van der Waals surface area contributed by atoms with Crippen molar-refractivity contribution in [2.75, 3.05) is 13.2 Å². The third-order valence-electron chi connectivity index (χ3n) is 3.84. The lowest BCUT2D eigenvalue weighted by atomic mass is 10.0. The van der Waals surface area contributed by atoms with E-state index in [1.807, 2.05) is 60.4 Å². The topological polar surface area (TPSA) is 29.5 Å². The van der Waals surface area contributed by atoms with E-state index < -0.39 is 0 Å². The molecular weight excluding hydrogens is 286 g/mol. The van der Waals surface area contributed by atoms with E-state index in [1.165, 1.54) is 5.56 Å². The average Bonchev–Trinajstić information content (AvgIpc) is 2.58. The molecule has 1 amide bonds. The van der Waals surface area contributed by atoms with E-state index in [0.717, 1.165) is 11.3 Å². The Bertz CT molecular complexity index is 623. The van der Waals surface area contributed by atoms with Crippen LogP contribution in [0.5, 0.6) is 5.75 Å². The largest absolute Gasteiger partial charge is 0.484 e. The number of carbonyl (C=O) groups excluding carboxylic acids is 1. The van der Waals surface area contributed by atoms with Crippen molar-refractivity contribution in [3.05, 3.63) is 65.7 Å². The van der Waals surface area contributed by atoms with Gasteiger partial charge in [0.25, 0.3) is 5.91 Å². The molecule has 0 aliphatic heterocycles. The number of benzene rings is 2. The summed E-state index contributed by atoms with van der Waals surface area (Å²) in [5.74, 6) is 1.20. The second-order valence-corrected chi connectivity index (χ2v) is 5.91. The molecule has 0 aromatic heterocycles. The van der Waals surface area contributed by atoms with Gasteiger partial charge >= 0.3 is 0 Å². The van der Waals surface area contributed by atoms with E-state index in [0.29, 0.717) is 19.0 Å². The van der Waals surface area contributed by atoms with Gasteiger partial charge < -0.3 is 9.64 Å². The van der Waals surface area contributed by atoms with Crippen molar-refractivity contribution in [3.8, 4) is 5.75 Å².